The summed E-state index contributed by atoms with van der Waals surface area (Å²) in [6, 6.07) is 0. The molecule has 28 heavy (non-hydrogen) atoms. The molecule has 0 aromatic rings. The first kappa shape index (κ1) is 24.8. The van der Waals surface area contributed by atoms with Gasteiger partial charge in [0, 0.05) is 18.8 Å². The third kappa shape index (κ3) is 3.79. The normalized spacial score (nSPS) is 18.6. The minimum absolute atomic E-state index is 0.334. The number of carbonyl (C=O) groups excluding carboxylic acids is 1. The fourth-order valence-corrected chi connectivity index (χ4v) is 1.93. The molecule has 0 unspecified atom stereocenters. The van der Waals surface area contributed by atoms with E-state index in [0.29, 0.717) is 0 Å². The Labute approximate surface area is 149 Å². The lowest BCUT2D eigenvalue weighted by Gasteiger charge is -2.39. The lowest BCUT2D eigenvalue weighted by molar-refractivity contribution is -0.440. The summed E-state index contributed by atoms with van der Waals surface area (Å²) in [7, 11) is 0. The van der Waals surface area contributed by atoms with Crippen molar-refractivity contribution >= 4 is 5.78 Å². The number of hydrogen-bond acceptors (Lipinski definition) is 1. The Morgan fingerprint density at radius 3 is 1.43 bits per heavy atom. The molecule has 5 radical (unpaired) electrons. The molecule has 0 atom stereocenters. The summed E-state index contributed by atoms with van der Waals surface area (Å²) in [6.45, 7) is 0. The fourth-order valence-electron chi connectivity index (χ4n) is 1.93. The quantitative estimate of drug-likeness (QED) is 0.458. The predicted octanol–water partition coefficient (Wildman–Crippen LogP) is 5.48. The number of Topliss-reactive ketones (excluding diaryl/α,β-unsaturated/α-hetero) is 1. The topological polar surface area (TPSA) is 17.1 Å². The van der Waals surface area contributed by atoms with Crippen molar-refractivity contribution in [1.82, 2.24) is 0 Å². The molecule has 0 aromatic carbocycles. The molecule has 0 amide bonds. The third-order valence-corrected chi connectivity index (χ3v) is 3.65. The van der Waals surface area contributed by atoms with Crippen LogP contribution in [0.15, 0.2) is 0 Å². The maximum atomic E-state index is 13.5. The zero-order valence-corrected chi connectivity index (χ0v) is 13.0. The van der Waals surface area contributed by atoms with Crippen molar-refractivity contribution in [3.05, 3.63) is 31.6 Å². The number of alkyl halides is 13. The molecule has 0 aromatic heterocycles. The van der Waals surface area contributed by atoms with Gasteiger partial charge in [0.15, 0.2) is 0 Å². The summed E-state index contributed by atoms with van der Waals surface area (Å²) < 4.78 is 167. The molecule has 1 aliphatic carbocycles. The van der Waals surface area contributed by atoms with Crippen LogP contribution in [0.1, 0.15) is 12.8 Å². The van der Waals surface area contributed by atoms with Gasteiger partial charge in [-0.05, 0) is 25.7 Å². The first-order valence-corrected chi connectivity index (χ1v) is 6.95. The highest BCUT2D eigenvalue weighted by molar-refractivity contribution is 5.97. The van der Waals surface area contributed by atoms with Crippen LogP contribution < -0.4 is 0 Å². The monoisotopic (exact) mass is 439 g/mol. The number of rotatable bonds is 8. The lowest BCUT2D eigenvalue weighted by Crippen LogP contribution is -2.70. The van der Waals surface area contributed by atoms with E-state index in [1.807, 2.05) is 0 Å². The van der Waals surface area contributed by atoms with Gasteiger partial charge in [0.25, 0.3) is 0 Å². The van der Waals surface area contributed by atoms with Crippen LogP contribution >= 0.6 is 0 Å². The van der Waals surface area contributed by atoms with Gasteiger partial charge in [0.2, 0.25) is 0 Å². The van der Waals surface area contributed by atoms with Crippen molar-refractivity contribution in [3.8, 4) is 0 Å². The van der Waals surface area contributed by atoms with Gasteiger partial charge < -0.3 is 0 Å². The van der Waals surface area contributed by atoms with Crippen molar-refractivity contribution in [2.24, 2.45) is 0 Å². The highest BCUT2D eigenvalue weighted by Gasteiger charge is 2.90. The predicted molar refractivity (Wildman–Crippen MR) is 65.5 cm³/mol. The van der Waals surface area contributed by atoms with Gasteiger partial charge in [-0.3, -0.25) is 4.79 Å². The van der Waals surface area contributed by atoms with Gasteiger partial charge >= 0.3 is 35.8 Å². The second-order valence-electron chi connectivity index (χ2n) is 5.60. The first-order valence-electron chi connectivity index (χ1n) is 6.95. The SMILES string of the molecule is O=C(CCC(F)(F)C(F)(F)C(F)(F)C(F)(F)C(F)(F)C(F)(F)F)[C]1[CH][CH][CH][CH]1. The molecule has 14 heteroatoms. The van der Waals surface area contributed by atoms with E-state index in [-0.39, 0.29) is 5.92 Å². The molecule has 0 saturated heterocycles. The summed E-state index contributed by atoms with van der Waals surface area (Å²) in [5, 5.41) is 0. The van der Waals surface area contributed by atoms with Crippen LogP contribution in [-0.2, 0) is 4.79 Å². The van der Waals surface area contributed by atoms with Crippen molar-refractivity contribution in [1.29, 1.82) is 0 Å². The van der Waals surface area contributed by atoms with Crippen molar-refractivity contribution < 1.29 is 61.9 Å². The minimum atomic E-state index is -7.93. The Morgan fingerprint density at radius 1 is 0.643 bits per heavy atom. The molecular weight excluding hydrogens is 431 g/mol. The van der Waals surface area contributed by atoms with Gasteiger partial charge in [0.05, 0.1) is 0 Å². The minimum Gasteiger partial charge on any atom is -0.299 e. The van der Waals surface area contributed by atoms with Crippen LogP contribution in [0.4, 0.5) is 57.1 Å². The standard InChI is InChI=1S/C14H8F13O/c15-9(16,6-5-8(28)7-3-1-2-4-7)10(17,18)11(19,20)12(21,22)13(23,24)14(25,26)27/h1-4H,5-6H2. The van der Waals surface area contributed by atoms with Crippen LogP contribution in [0.3, 0.4) is 0 Å². The van der Waals surface area contributed by atoms with Crippen molar-refractivity contribution in [2.75, 3.05) is 0 Å². The number of halogens is 13. The average Bonchev–Trinajstić information content (AvgIpc) is 3.05. The van der Waals surface area contributed by atoms with Crippen molar-refractivity contribution in [3.63, 3.8) is 0 Å². The van der Waals surface area contributed by atoms with Crippen LogP contribution in [0, 0.1) is 31.6 Å². The molecule has 1 rings (SSSR count). The Balaban J connectivity index is 3.13. The molecule has 1 fully saturated rings. The van der Waals surface area contributed by atoms with E-state index in [9.17, 15) is 61.9 Å². The van der Waals surface area contributed by atoms with E-state index in [1.165, 1.54) is 12.8 Å². The van der Waals surface area contributed by atoms with Crippen LogP contribution in [-0.4, -0.2) is 41.6 Å². The molecule has 0 spiro atoms. The average molecular weight is 439 g/mol. The second-order valence-corrected chi connectivity index (χ2v) is 5.60. The van der Waals surface area contributed by atoms with Crippen molar-refractivity contribution in [2.45, 2.75) is 48.6 Å². The molecule has 0 bridgehead atoms. The number of ketones is 1. The molecule has 0 heterocycles. The lowest BCUT2D eigenvalue weighted by atomic mass is 9.90. The van der Waals surface area contributed by atoms with Crippen LogP contribution in [0.25, 0.3) is 0 Å². The van der Waals surface area contributed by atoms with E-state index in [0.717, 1.165) is 12.8 Å². The molecule has 1 aliphatic rings. The van der Waals surface area contributed by atoms with Gasteiger partial charge in [-0.1, -0.05) is 0 Å². The number of carbonyl (C=O) groups is 1. The van der Waals surface area contributed by atoms with Gasteiger partial charge in [0.1, 0.15) is 5.78 Å². The molecule has 1 saturated carbocycles. The summed E-state index contributed by atoms with van der Waals surface area (Å²) in [6.07, 6.45) is -7.16. The van der Waals surface area contributed by atoms with Crippen LogP contribution in [0.5, 0.6) is 0 Å². The second kappa shape index (κ2) is 7.22. The van der Waals surface area contributed by atoms with Crippen LogP contribution in [0.2, 0.25) is 0 Å². The summed E-state index contributed by atoms with van der Waals surface area (Å²) in [4.78, 5) is 11.4. The molecular formula is C14H8F13O. The maximum Gasteiger partial charge on any atom is 0.460 e. The highest BCUT2D eigenvalue weighted by atomic mass is 19.4. The van der Waals surface area contributed by atoms with E-state index in [2.05, 4.69) is 0 Å². The smallest absolute Gasteiger partial charge is 0.299 e. The fraction of sp³-hybridized carbons (Fsp3) is 0.571. The Hall–Kier alpha value is -1.24. The molecule has 161 valence electrons. The largest absolute Gasteiger partial charge is 0.460 e. The summed E-state index contributed by atoms with van der Waals surface area (Å²) >= 11 is 0. The molecule has 0 aliphatic heterocycles. The Morgan fingerprint density at radius 2 is 1.04 bits per heavy atom. The zero-order chi connectivity index (χ0) is 22.4. The number of hydrogen-bond donors (Lipinski definition) is 0. The van der Waals surface area contributed by atoms with E-state index < -0.39 is 54.4 Å². The highest BCUT2D eigenvalue weighted by Crippen LogP contribution is 2.60. The van der Waals surface area contributed by atoms with E-state index >= 15 is 0 Å². The van der Waals surface area contributed by atoms with Gasteiger partial charge in [-0.2, -0.15) is 57.1 Å². The Bertz CT molecular complexity index is 572. The van der Waals surface area contributed by atoms with E-state index in [1.54, 1.807) is 0 Å². The maximum absolute atomic E-state index is 13.5. The third-order valence-electron chi connectivity index (χ3n) is 3.65. The van der Waals surface area contributed by atoms with E-state index in [4.69, 9.17) is 0 Å². The van der Waals surface area contributed by atoms with Gasteiger partial charge in [-0.15, -0.1) is 0 Å². The molecule has 1 nitrogen and oxygen atoms in total. The molecule has 0 N–H and O–H groups in total. The first-order chi connectivity index (χ1) is 12.2. The summed E-state index contributed by atoms with van der Waals surface area (Å²) in [5.41, 5.74) is 0. The zero-order valence-electron chi connectivity index (χ0n) is 13.0. The Kier molecular flexibility index (Phi) is 6.40. The summed E-state index contributed by atoms with van der Waals surface area (Å²) in [5.74, 6) is -38.7. The van der Waals surface area contributed by atoms with Gasteiger partial charge in [-0.25, -0.2) is 0 Å².